The van der Waals surface area contributed by atoms with Crippen molar-refractivity contribution in [3.8, 4) is 0 Å². The van der Waals surface area contributed by atoms with Crippen LogP contribution >= 0.6 is 0 Å². The number of aryl methyl sites for hydroxylation is 3. The highest BCUT2D eigenvalue weighted by atomic mass is 19.2. The van der Waals surface area contributed by atoms with Crippen molar-refractivity contribution >= 4 is 0 Å². The van der Waals surface area contributed by atoms with Gasteiger partial charge in [0.05, 0.1) is 6.04 Å². The standard InChI is InChI=1S/C16H16F3N/c1-8-6-9(2)13(10(3)7-8)16(20)11-4-5-12(17)15(19)14(11)18/h4-7,16H,20H2,1-3H3. The zero-order valence-electron chi connectivity index (χ0n) is 11.6. The van der Waals surface area contributed by atoms with Crippen LogP contribution in [-0.4, -0.2) is 0 Å². The third-order valence-corrected chi connectivity index (χ3v) is 3.45. The summed E-state index contributed by atoms with van der Waals surface area (Å²) < 4.78 is 40.2. The fourth-order valence-electron chi connectivity index (χ4n) is 2.62. The molecule has 0 spiro atoms. The van der Waals surface area contributed by atoms with E-state index in [-0.39, 0.29) is 5.56 Å². The molecule has 0 fully saturated rings. The molecule has 0 saturated heterocycles. The van der Waals surface area contributed by atoms with E-state index in [1.165, 1.54) is 6.07 Å². The third-order valence-electron chi connectivity index (χ3n) is 3.45. The fraction of sp³-hybridized carbons (Fsp3) is 0.250. The largest absolute Gasteiger partial charge is 0.320 e. The van der Waals surface area contributed by atoms with Gasteiger partial charge >= 0.3 is 0 Å². The maximum atomic E-state index is 13.8. The summed E-state index contributed by atoms with van der Waals surface area (Å²) in [5.74, 6) is -3.92. The Morgan fingerprint density at radius 2 is 1.45 bits per heavy atom. The zero-order valence-corrected chi connectivity index (χ0v) is 11.6. The second-order valence-electron chi connectivity index (χ2n) is 5.05. The van der Waals surface area contributed by atoms with Gasteiger partial charge in [0.25, 0.3) is 0 Å². The summed E-state index contributed by atoms with van der Waals surface area (Å²) in [6.07, 6.45) is 0. The Kier molecular flexibility index (Phi) is 3.86. The quantitative estimate of drug-likeness (QED) is 0.824. The number of nitrogens with two attached hydrogens (primary N) is 1. The molecule has 0 radical (unpaired) electrons. The smallest absolute Gasteiger partial charge is 0.194 e. The molecule has 0 aliphatic rings. The van der Waals surface area contributed by atoms with Crippen LogP contribution in [0.3, 0.4) is 0 Å². The molecule has 106 valence electrons. The normalized spacial score (nSPS) is 12.6. The number of rotatable bonds is 2. The molecule has 0 aliphatic heterocycles. The molecule has 0 amide bonds. The van der Waals surface area contributed by atoms with Crippen molar-refractivity contribution in [2.45, 2.75) is 26.8 Å². The van der Waals surface area contributed by atoms with Crippen LogP contribution < -0.4 is 5.73 Å². The molecule has 2 aromatic carbocycles. The molecule has 0 aliphatic carbocycles. The predicted molar refractivity (Wildman–Crippen MR) is 73.0 cm³/mol. The van der Waals surface area contributed by atoms with Gasteiger partial charge in [-0.1, -0.05) is 23.8 Å². The van der Waals surface area contributed by atoms with Crippen LogP contribution in [0.5, 0.6) is 0 Å². The Morgan fingerprint density at radius 3 is 2.00 bits per heavy atom. The van der Waals surface area contributed by atoms with Crippen molar-refractivity contribution in [3.05, 3.63) is 69.5 Å². The Bertz CT molecular complexity index is 642. The molecule has 0 bridgehead atoms. The van der Waals surface area contributed by atoms with Gasteiger partial charge in [0.15, 0.2) is 17.5 Å². The minimum atomic E-state index is -1.49. The zero-order chi connectivity index (χ0) is 15.0. The van der Waals surface area contributed by atoms with E-state index >= 15 is 0 Å². The molecule has 2 aromatic rings. The van der Waals surface area contributed by atoms with Crippen molar-refractivity contribution in [3.63, 3.8) is 0 Å². The molecule has 20 heavy (non-hydrogen) atoms. The highest BCUT2D eigenvalue weighted by molar-refractivity contribution is 5.44. The molecular weight excluding hydrogens is 263 g/mol. The van der Waals surface area contributed by atoms with E-state index in [4.69, 9.17) is 5.73 Å². The number of halogens is 3. The monoisotopic (exact) mass is 279 g/mol. The summed E-state index contributed by atoms with van der Waals surface area (Å²) >= 11 is 0. The van der Waals surface area contributed by atoms with Gasteiger partial charge in [-0.3, -0.25) is 0 Å². The third kappa shape index (κ3) is 2.43. The maximum absolute atomic E-state index is 13.8. The highest BCUT2D eigenvalue weighted by Crippen LogP contribution is 2.29. The van der Waals surface area contributed by atoms with Crippen LogP contribution in [0.15, 0.2) is 24.3 Å². The lowest BCUT2D eigenvalue weighted by Gasteiger charge is -2.19. The lowest BCUT2D eigenvalue weighted by molar-refractivity contribution is 0.438. The Morgan fingerprint density at radius 1 is 0.900 bits per heavy atom. The van der Waals surface area contributed by atoms with Gasteiger partial charge in [-0.15, -0.1) is 0 Å². The van der Waals surface area contributed by atoms with Gasteiger partial charge in [-0.05, 0) is 43.5 Å². The van der Waals surface area contributed by atoms with Crippen molar-refractivity contribution in [1.82, 2.24) is 0 Å². The number of hydrogen-bond donors (Lipinski definition) is 1. The van der Waals surface area contributed by atoms with E-state index in [0.29, 0.717) is 0 Å². The first-order valence-electron chi connectivity index (χ1n) is 6.29. The molecule has 0 heterocycles. The Balaban J connectivity index is 2.58. The molecule has 0 aromatic heterocycles. The second-order valence-corrected chi connectivity index (χ2v) is 5.05. The van der Waals surface area contributed by atoms with Crippen LogP contribution in [0, 0.1) is 38.2 Å². The second kappa shape index (κ2) is 5.29. The van der Waals surface area contributed by atoms with Gasteiger partial charge in [0, 0.05) is 5.56 Å². The number of benzene rings is 2. The first-order valence-corrected chi connectivity index (χ1v) is 6.29. The highest BCUT2D eigenvalue weighted by Gasteiger charge is 2.21. The van der Waals surface area contributed by atoms with Crippen LogP contribution in [0.4, 0.5) is 13.2 Å². The van der Waals surface area contributed by atoms with Crippen LogP contribution in [0.2, 0.25) is 0 Å². The van der Waals surface area contributed by atoms with Crippen LogP contribution in [-0.2, 0) is 0 Å². The molecule has 2 N–H and O–H groups in total. The topological polar surface area (TPSA) is 26.0 Å². The average molecular weight is 279 g/mol. The van der Waals surface area contributed by atoms with E-state index < -0.39 is 23.5 Å². The SMILES string of the molecule is Cc1cc(C)c(C(N)c2ccc(F)c(F)c2F)c(C)c1. The van der Waals surface area contributed by atoms with Crippen LogP contribution in [0.1, 0.15) is 33.9 Å². The molecular formula is C16H16F3N. The summed E-state index contributed by atoms with van der Waals surface area (Å²) in [7, 11) is 0. The van der Waals surface area contributed by atoms with Gasteiger partial charge < -0.3 is 5.73 Å². The summed E-state index contributed by atoms with van der Waals surface area (Å²) in [5, 5.41) is 0. The summed E-state index contributed by atoms with van der Waals surface area (Å²) in [4.78, 5) is 0. The number of hydrogen-bond acceptors (Lipinski definition) is 1. The van der Waals surface area contributed by atoms with E-state index in [0.717, 1.165) is 28.3 Å². The molecule has 1 unspecified atom stereocenters. The maximum Gasteiger partial charge on any atom is 0.194 e. The van der Waals surface area contributed by atoms with Crippen molar-refractivity contribution in [2.24, 2.45) is 5.73 Å². The van der Waals surface area contributed by atoms with Crippen molar-refractivity contribution < 1.29 is 13.2 Å². The summed E-state index contributed by atoms with van der Waals surface area (Å²) in [5.41, 5.74) is 9.63. The minimum absolute atomic E-state index is 0.0426. The Hall–Kier alpha value is -1.81. The molecule has 0 saturated carbocycles. The van der Waals surface area contributed by atoms with E-state index in [2.05, 4.69) is 0 Å². The average Bonchev–Trinajstić information content (AvgIpc) is 2.34. The van der Waals surface area contributed by atoms with Crippen LogP contribution in [0.25, 0.3) is 0 Å². The predicted octanol–water partition coefficient (Wildman–Crippen LogP) is 4.08. The van der Waals surface area contributed by atoms with Gasteiger partial charge in [0.2, 0.25) is 0 Å². The lowest BCUT2D eigenvalue weighted by Crippen LogP contribution is -2.17. The van der Waals surface area contributed by atoms with Crippen molar-refractivity contribution in [1.29, 1.82) is 0 Å². The Labute approximate surface area is 116 Å². The van der Waals surface area contributed by atoms with E-state index in [1.54, 1.807) is 0 Å². The first-order chi connectivity index (χ1) is 9.32. The molecule has 2 rings (SSSR count). The van der Waals surface area contributed by atoms with E-state index in [9.17, 15) is 13.2 Å². The lowest BCUT2D eigenvalue weighted by atomic mass is 9.90. The summed E-state index contributed by atoms with van der Waals surface area (Å²) in [6, 6.07) is 5.12. The first kappa shape index (κ1) is 14.6. The minimum Gasteiger partial charge on any atom is -0.320 e. The molecule has 1 nitrogen and oxygen atoms in total. The van der Waals surface area contributed by atoms with Crippen molar-refractivity contribution in [2.75, 3.05) is 0 Å². The molecule has 4 heteroatoms. The van der Waals surface area contributed by atoms with E-state index in [1.807, 2.05) is 32.9 Å². The van der Waals surface area contributed by atoms with Gasteiger partial charge in [-0.2, -0.15) is 0 Å². The fourth-order valence-corrected chi connectivity index (χ4v) is 2.62. The van der Waals surface area contributed by atoms with Gasteiger partial charge in [-0.25, -0.2) is 13.2 Å². The van der Waals surface area contributed by atoms with Gasteiger partial charge in [0.1, 0.15) is 0 Å². The summed E-state index contributed by atoms with van der Waals surface area (Å²) in [6.45, 7) is 5.69. The molecule has 1 atom stereocenters.